The van der Waals surface area contributed by atoms with Crippen LogP contribution < -0.4 is 5.32 Å². The predicted molar refractivity (Wildman–Crippen MR) is 85.0 cm³/mol. The molecule has 5 nitrogen and oxygen atoms in total. The van der Waals surface area contributed by atoms with Crippen LogP contribution >= 0.6 is 0 Å². The van der Waals surface area contributed by atoms with Gasteiger partial charge in [0.1, 0.15) is 0 Å². The molecule has 120 valence electrons. The zero-order valence-corrected chi connectivity index (χ0v) is 12.6. The molecule has 2 aromatic carbocycles. The van der Waals surface area contributed by atoms with Crippen molar-refractivity contribution in [3.8, 4) is 0 Å². The third-order valence-electron chi connectivity index (χ3n) is 3.77. The Balaban J connectivity index is 1.74. The van der Waals surface area contributed by atoms with Crippen LogP contribution in [0.15, 0.2) is 60.7 Å². The quantitative estimate of drug-likeness (QED) is 0.886. The lowest BCUT2D eigenvalue weighted by atomic mass is 9.98. The van der Waals surface area contributed by atoms with Crippen molar-refractivity contribution < 1.29 is 19.4 Å². The van der Waals surface area contributed by atoms with E-state index in [9.17, 15) is 4.79 Å². The molecule has 1 saturated heterocycles. The lowest BCUT2D eigenvalue weighted by Gasteiger charge is -2.31. The normalized spacial score (nSPS) is 21.3. The van der Waals surface area contributed by atoms with Crippen molar-refractivity contribution in [1.82, 2.24) is 5.32 Å². The van der Waals surface area contributed by atoms with Crippen LogP contribution in [0.1, 0.15) is 17.2 Å². The van der Waals surface area contributed by atoms with Gasteiger partial charge in [0.2, 0.25) is 0 Å². The van der Waals surface area contributed by atoms with Crippen molar-refractivity contribution in [2.75, 3.05) is 13.2 Å². The van der Waals surface area contributed by atoms with E-state index in [0.29, 0.717) is 13.2 Å². The van der Waals surface area contributed by atoms with Crippen molar-refractivity contribution in [1.29, 1.82) is 0 Å². The van der Waals surface area contributed by atoms with E-state index in [-0.39, 0.29) is 12.1 Å². The van der Waals surface area contributed by atoms with Crippen molar-refractivity contribution in [2.24, 2.45) is 0 Å². The van der Waals surface area contributed by atoms with Crippen LogP contribution in [0.4, 0.5) is 0 Å². The van der Waals surface area contributed by atoms with E-state index in [1.807, 2.05) is 36.4 Å². The fraction of sp³-hybridized carbons (Fsp3) is 0.278. The molecule has 1 aliphatic heterocycles. The average Bonchev–Trinajstić information content (AvgIpc) is 2.61. The Morgan fingerprint density at radius 3 is 1.87 bits per heavy atom. The minimum Gasteiger partial charge on any atom is -0.477 e. The summed E-state index contributed by atoms with van der Waals surface area (Å²) in [7, 11) is 0. The Morgan fingerprint density at radius 2 is 1.43 bits per heavy atom. The summed E-state index contributed by atoms with van der Waals surface area (Å²) in [5, 5.41) is 12.4. The van der Waals surface area contributed by atoms with Crippen molar-refractivity contribution in [3.63, 3.8) is 0 Å². The number of rotatable bonds is 5. The minimum atomic E-state index is -1.17. The van der Waals surface area contributed by atoms with Gasteiger partial charge in [0.15, 0.2) is 0 Å². The molecular weight excluding hydrogens is 294 g/mol. The van der Waals surface area contributed by atoms with Gasteiger partial charge in [-0.25, -0.2) is 4.79 Å². The summed E-state index contributed by atoms with van der Waals surface area (Å²) in [5.74, 6) is -1.09. The van der Waals surface area contributed by atoms with Gasteiger partial charge in [-0.1, -0.05) is 60.7 Å². The van der Waals surface area contributed by atoms with Crippen molar-refractivity contribution in [2.45, 2.75) is 18.4 Å². The third-order valence-corrected chi connectivity index (χ3v) is 3.77. The van der Waals surface area contributed by atoms with Crippen LogP contribution in [-0.4, -0.2) is 36.6 Å². The van der Waals surface area contributed by atoms with E-state index < -0.39 is 12.3 Å². The van der Waals surface area contributed by atoms with Crippen LogP contribution in [0.5, 0.6) is 0 Å². The first-order chi connectivity index (χ1) is 11.2. The Bertz CT molecular complexity index is 584. The number of hydrogen-bond acceptors (Lipinski definition) is 4. The van der Waals surface area contributed by atoms with Gasteiger partial charge in [0, 0.05) is 0 Å². The van der Waals surface area contributed by atoms with Crippen LogP contribution in [-0.2, 0) is 14.3 Å². The number of ether oxygens (including phenoxy) is 2. The largest absolute Gasteiger partial charge is 0.477 e. The molecule has 1 aliphatic rings. The summed E-state index contributed by atoms with van der Waals surface area (Å²) in [5.41, 5.74) is 2.28. The molecular formula is C18H19NO4. The van der Waals surface area contributed by atoms with E-state index in [0.717, 1.165) is 11.1 Å². The zero-order valence-electron chi connectivity index (χ0n) is 12.6. The topological polar surface area (TPSA) is 67.8 Å². The lowest BCUT2D eigenvalue weighted by Crippen LogP contribution is -2.48. The van der Waals surface area contributed by atoms with Gasteiger partial charge in [-0.2, -0.15) is 0 Å². The monoisotopic (exact) mass is 313 g/mol. The standard InChI is InChI=1S/C18H19NO4/c20-17(21)18-22-11-15(12-23-18)19-16(13-7-3-1-4-8-13)14-9-5-2-6-10-14/h1-10,15-16,18-19H,11-12H2,(H,20,21). The van der Waals surface area contributed by atoms with Crippen molar-refractivity contribution in [3.05, 3.63) is 71.8 Å². The molecule has 0 aromatic heterocycles. The molecule has 1 fully saturated rings. The minimum absolute atomic E-state index is 0.00372. The fourth-order valence-electron chi connectivity index (χ4n) is 2.65. The number of benzene rings is 2. The molecule has 0 saturated carbocycles. The Labute approximate surface area is 134 Å². The van der Waals surface area contributed by atoms with Gasteiger partial charge in [-0.3, -0.25) is 5.32 Å². The molecule has 0 aliphatic carbocycles. The van der Waals surface area contributed by atoms with Gasteiger partial charge in [-0.15, -0.1) is 0 Å². The maximum atomic E-state index is 10.9. The molecule has 0 amide bonds. The molecule has 0 radical (unpaired) electrons. The number of carbonyl (C=O) groups is 1. The molecule has 5 heteroatoms. The van der Waals surface area contributed by atoms with E-state index in [1.165, 1.54) is 0 Å². The van der Waals surface area contributed by atoms with Gasteiger partial charge in [0.05, 0.1) is 25.3 Å². The Morgan fingerprint density at radius 1 is 0.957 bits per heavy atom. The summed E-state index contributed by atoms with van der Waals surface area (Å²) in [6, 6.07) is 20.2. The molecule has 2 aromatic rings. The highest BCUT2D eigenvalue weighted by Gasteiger charge is 2.29. The van der Waals surface area contributed by atoms with Gasteiger partial charge in [0.25, 0.3) is 6.29 Å². The molecule has 0 atom stereocenters. The first-order valence-corrected chi connectivity index (χ1v) is 7.56. The van der Waals surface area contributed by atoms with Crippen LogP contribution in [0.25, 0.3) is 0 Å². The summed E-state index contributed by atoms with van der Waals surface area (Å²) in [4.78, 5) is 10.9. The highest BCUT2D eigenvalue weighted by Crippen LogP contribution is 2.23. The van der Waals surface area contributed by atoms with E-state index >= 15 is 0 Å². The molecule has 3 rings (SSSR count). The summed E-state index contributed by atoms with van der Waals surface area (Å²) in [6.45, 7) is 0.597. The van der Waals surface area contributed by atoms with Crippen LogP contribution in [0.3, 0.4) is 0 Å². The summed E-state index contributed by atoms with van der Waals surface area (Å²) in [6.07, 6.45) is -1.17. The van der Waals surface area contributed by atoms with Gasteiger partial charge >= 0.3 is 5.97 Å². The van der Waals surface area contributed by atoms with Gasteiger partial charge < -0.3 is 14.6 Å². The number of carboxylic acids is 1. The first-order valence-electron chi connectivity index (χ1n) is 7.56. The van der Waals surface area contributed by atoms with Crippen molar-refractivity contribution >= 4 is 5.97 Å². The van der Waals surface area contributed by atoms with E-state index in [2.05, 4.69) is 29.6 Å². The lowest BCUT2D eigenvalue weighted by molar-refractivity contribution is -0.211. The molecule has 2 N–H and O–H groups in total. The predicted octanol–water partition coefficient (Wildman–Crippen LogP) is 2.19. The second kappa shape index (κ2) is 7.37. The SMILES string of the molecule is O=C(O)C1OCC(NC(c2ccccc2)c2ccccc2)CO1. The maximum absolute atomic E-state index is 10.9. The summed E-state index contributed by atoms with van der Waals surface area (Å²) < 4.78 is 10.5. The third kappa shape index (κ3) is 3.96. The average molecular weight is 313 g/mol. The molecule has 0 unspecified atom stereocenters. The van der Waals surface area contributed by atoms with Crippen LogP contribution in [0, 0.1) is 0 Å². The number of nitrogens with one attached hydrogen (secondary N) is 1. The Kier molecular flexibility index (Phi) is 5.02. The van der Waals surface area contributed by atoms with E-state index in [4.69, 9.17) is 14.6 Å². The molecule has 23 heavy (non-hydrogen) atoms. The number of hydrogen-bond donors (Lipinski definition) is 2. The highest BCUT2D eigenvalue weighted by molar-refractivity contribution is 5.70. The highest BCUT2D eigenvalue weighted by atomic mass is 16.7. The maximum Gasteiger partial charge on any atom is 0.361 e. The second-order valence-electron chi connectivity index (χ2n) is 5.45. The second-order valence-corrected chi connectivity index (χ2v) is 5.45. The molecule has 1 heterocycles. The van der Waals surface area contributed by atoms with Gasteiger partial charge in [-0.05, 0) is 11.1 Å². The molecule has 0 spiro atoms. The molecule has 0 bridgehead atoms. The smallest absolute Gasteiger partial charge is 0.361 e. The van der Waals surface area contributed by atoms with Crippen LogP contribution in [0.2, 0.25) is 0 Å². The first kappa shape index (κ1) is 15.7. The number of aliphatic carboxylic acids is 1. The zero-order chi connectivity index (χ0) is 16.1. The number of carboxylic acid groups (broad SMARTS) is 1. The van der Waals surface area contributed by atoms with E-state index in [1.54, 1.807) is 0 Å². The summed E-state index contributed by atoms with van der Waals surface area (Å²) >= 11 is 0. The Hall–Kier alpha value is -2.21. The fourth-order valence-corrected chi connectivity index (χ4v) is 2.65.